The lowest BCUT2D eigenvalue weighted by Gasteiger charge is -2.16. The second kappa shape index (κ2) is 10.7. The van der Waals surface area contributed by atoms with E-state index < -0.39 is 28.9 Å². The van der Waals surface area contributed by atoms with E-state index in [4.69, 9.17) is 14.6 Å². The fourth-order valence-electron chi connectivity index (χ4n) is 4.05. The van der Waals surface area contributed by atoms with Gasteiger partial charge in [-0.1, -0.05) is 0 Å². The smallest absolute Gasteiger partial charge is 0.247 e. The van der Waals surface area contributed by atoms with Gasteiger partial charge in [0, 0.05) is 30.3 Å². The molecule has 2 aromatic carbocycles. The molecule has 0 spiro atoms. The minimum Gasteiger partial charge on any atom is -0.492 e. The highest BCUT2D eigenvalue weighted by Crippen LogP contribution is 2.47. The van der Waals surface area contributed by atoms with E-state index in [1.54, 1.807) is 13.1 Å². The number of aryl methyl sites for hydroxylation is 1. The molecule has 2 amide bonds. The Bertz CT molecular complexity index is 1540. The van der Waals surface area contributed by atoms with E-state index in [2.05, 4.69) is 20.7 Å². The van der Waals surface area contributed by atoms with Crippen LogP contribution in [0, 0.1) is 24.0 Å². The molecule has 202 valence electrons. The molecule has 1 saturated carbocycles. The number of carbonyl (C=O) groups is 2. The summed E-state index contributed by atoms with van der Waals surface area (Å²) in [5.41, 5.74) is 0.152. The molecule has 0 unspecified atom stereocenters. The fraction of sp³-hybridized carbons (Fsp3) is 0.259. The van der Waals surface area contributed by atoms with Crippen LogP contribution in [0.3, 0.4) is 0 Å². The first-order valence-corrected chi connectivity index (χ1v) is 12.2. The van der Waals surface area contributed by atoms with Gasteiger partial charge in [0.25, 0.3) is 0 Å². The Kier molecular flexibility index (Phi) is 7.11. The lowest BCUT2D eigenvalue weighted by molar-refractivity contribution is -0.131. The highest BCUT2D eigenvalue weighted by Gasteiger charge is 2.56. The summed E-state index contributed by atoms with van der Waals surface area (Å²) in [6.07, 6.45) is 4.04. The third-order valence-corrected chi connectivity index (χ3v) is 6.43. The number of halogens is 2. The average Bonchev–Trinajstić information content (AvgIpc) is 3.67. The molecule has 1 fully saturated rings. The number of hydrogen-bond donors (Lipinski definition) is 3. The van der Waals surface area contributed by atoms with Crippen LogP contribution in [0.1, 0.15) is 24.8 Å². The normalized spacial score (nSPS) is 13.6. The summed E-state index contributed by atoms with van der Waals surface area (Å²) in [6.45, 7) is 2.14. The van der Waals surface area contributed by atoms with Crippen molar-refractivity contribution in [1.82, 2.24) is 14.6 Å². The van der Waals surface area contributed by atoms with Crippen LogP contribution in [-0.4, -0.2) is 44.7 Å². The Balaban J connectivity index is 1.28. The molecule has 0 bridgehead atoms. The first kappa shape index (κ1) is 26.0. The van der Waals surface area contributed by atoms with Gasteiger partial charge in [0.05, 0.1) is 18.5 Å². The molecule has 10 nitrogen and oxygen atoms in total. The Morgan fingerprint density at radius 1 is 1.10 bits per heavy atom. The minimum atomic E-state index is -1.33. The van der Waals surface area contributed by atoms with Crippen LogP contribution >= 0.6 is 0 Å². The van der Waals surface area contributed by atoms with E-state index in [9.17, 15) is 18.4 Å². The zero-order chi connectivity index (χ0) is 27.6. The number of fused-ring (bicyclic) bond motifs is 1. The molecule has 4 aromatic rings. The van der Waals surface area contributed by atoms with Crippen molar-refractivity contribution in [3.8, 4) is 17.4 Å². The number of hydrogen-bond acceptors (Lipinski definition) is 7. The molecule has 0 radical (unpaired) electrons. The molecule has 0 aliphatic heterocycles. The third kappa shape index (κ3) is 5.36. The van der Waals surface area contributed by atoms with E-state index in [-0.39, 0.29) is 23.9 Å². The predicted molar refractivity (Wildman–Crippen MR) is 137 cm³/mol. The lowest BCUT2D eigenvalue weighted by atomic mass is 10.0. The maximum atomic E-state index is 15.0. The van der Waals surface area contributed by atoms with Crippen molar-refractivity contribution in [3.63, 3.8) is 0 Å². The molecule has 2 heterocycles. The Morgan fingerprint density at radius 2 is 1.85 bits per heavy atom. The second-order valence-corrected chi connectivity index (χ2v) is 9.14. The molecular weight excluding hydrogens is 512 g/mol. The minimum absolute atomic E-state index is 0.00672. The van der Waals surface area contributed by atoms with Gasteiger partial charge >= 0.3 is 0 Å². The van der Waals surface area contributed by atoms with Crippen LogP contribution in [0.15, 0.2) is 55.0 Å². The summed E-state index contributed by atoms with van der Waals surface area (Å²) in [5, 5.41) is 18.2. The van der Waals surface area contributed by atoms with Crippen LogP contribution in [0.25, 0.3) is 5.52 Å². The highest BCUT2D eigenvalue weighted by atomic mass is 19.1. The summed E-state index contributed by atoms with van der Waals surface area (Å²) < 4.78 is 41.1. The zero-order valence-electron chi connectivity index (χ0n) is 20.9. The van der Waals surface area contributed by atoms with Crippen LogP contribution < -0.4 is 20.1 Å². The molecular formula is C27H25F2N5O5. The standard InChI is InChI=1S/C27H25F2N5O5/c1-16-22(38-12-2-11-35)14-34-23(16)24(30-15-31-34)39-19-7-8-21(20(29)13-19)33-26(37)27(9-10-27)25(36)32-18-5-3-17(28)4-6-18/h3-8,13-15,35H,2,9-12H2,1H3,(H,32,36)(H,33,37). The van der Waals surface area contributed by atoms with Crippen molar-refractivity contribution < 1.29 is 33.0 Å². The van der Waals surface area contributed by atoms with Crippen molar-refractivity contribution >= 4 is 28.7 Å². The summed E-state index contributed by atoms with van der Waals surface area (Å²) in [6, 6.07) is 9.09. The van der Waals surface area contributed by atoms with Gasteiger partial charge in [-0.3, -0.25) is 9.59 Å². The summed E-state index contributed by atoms with van der Waals surface area (Å²) in [7, 11) is 0. The number of aromatic nitrogens is 3. The van der Waals surface area contributed by atoms with E-state index >= 15 is 0 Å². The maximum absolute atomic E-state index is 15.0. The highest BCUT2D eigenvalue weighted by molar-refractivity contribution is 6.16. The summed E-state index contributed by atoms with van der Waals surface area (Å²) in [5.74, 6) is -1.53. The van der Waals surface area contributed by atoms with Gasteiger partial charge < -0.3 is 25.2 Å². The van der Waals surface area contributed by atoms with E-state index in [1.807, 2.05) is 0 Å². The zero-order valence-corrected chi connectivity index (χ0v) is 20.9. The summed E-state index contributed by atoms with van der Waals surface area (Å²) in [4.78, 5) is 29.8. The van der Waals surface area contributed by atoms with Gasteiger partial charge in [0.1, 0.15) is 40.4 Å². The van der Waals surface area contributed by atoms with E-state index in [0.717, 1.165) is 6.07 Å². The number of carbonyl (C=O) groups excluding carboxylic acids is 2. The quantitative estimate of drug-likeness (QED) is 0.204. The molecule has 5 rings (SSSR count). The van der Waals surface area contributed by atoms with Crippen LogP contribution in [0.4, 0.5) is 20.2 Å². The van der Waals surface area contributed by atoms with Gasteiger partial charge in [0.2, 0.25) is 17.7 Å². The topological polar surface area (TPSA) is 127 Å². The Labute approximate surface area is 221 Å². The second-order valence-electron chi connectivity index (χ2n) is 9.14. The van der Waals surface area contributed by atoms with Crippen LogP contribution in [0.2, 0.25) is 0 Å². The molecule has 0 saturated heterocycles. The number of benzene rings is 2. The summed E-state index contributed by atoms with van der Waals surface area (Å²) >= 11 is 0. The number of aliphatic hydroxyl groups is 1. The van der Waals surface area contributed by atoms with Gasteiger partial charge in [-0.05, 0) is 56.2 Å². The Morgan fingerprint density at radius 3 is 2.54 bits per heavy atom. The number of nitrogens with one attached hydrogen (secondary N) is 2. The molecule has 2 aromatic heterocycles. The first-order chi connectivity index (χ1) is 18.8. The van der Waals surface area contributed by atoms with E-state index in [1.165, 1.54) is 47.2 Å². The number of amides is 2. The predicted octanol–water partition coefficient (Wildman–Crippen LogP) is 4.23. The van der Waals surface area contributed by atoms with Gasteiger partial charge in [-0.2, -0.15) is 10.1 Å². The molecule has 0 atom stereocenters. The van der Waals surface area contributed by atoms with Crippen LogP contribution in [-0.2, 0) is 9.59 Å². The molecule has 1 aliphatic carbocycles. The molecule has 12 heteroatoms. The average molecular weight is 538 g/mol. The molecule has 39 heavy (non-hydrogen) atoms. The Hall–Kier alpha value is -4.58. The number of rotatable bonds is 10. The van der Waals surface area contributed by atoms with E-state index in [0.29, 0.717) is 48.4 Å². The third-order valence-electron chi connectivity index (χ3n) is 6.43. The number of anilines is 2. The van der Waals surface area contributed by atoms with Crippen molar-refractivity contribution in [2.75, 3.05) is 23.8 Å². The SMILES string of the molecule is Cc1c(OCCCO)cn2ncnc(Oc3ccc(NC(=O)C4(C(=O)Nc5ccc(F)cc5)CC4)c(F)c3)c12. The molecule has 1 aliphatic rings. The van der Waals surface area contributed by atoms with Crippen molar-refractivity contribution in [2.45, 2.75) is 26.2 Å². The number of nitrogens with zero attached hydrogens (tertiary/aromatic N) is 3. The van der Waals surface area contributed by atoms with Gasteiger partial charge in [0.15, 0.2) is 0 Å². The first-order valence-electron chi connectivity index (χ1n) is 12.2. The monoisotopic (exact) mass is 537 g/mol. The van der Waals surface area contributed by atoms with Crippen molar-refractivity contribution in [1.29, 1.82) is 0 Å². The van der Waals surface area contributed by atoms with Crippen molar-refractivity contribution in [2.24, 2.45) is 5.41 Å². The van der Waals surface area contributed by atoms with Gasteiger partial charge in [-0.15, -0.1) is 0 Å². The maximum Gasteiger partial charge on any atom is 0.247 e. The fourth-order valence-corrected chi connectivity index (χ4v) is 4.05. The number of ether oxygens (including phenoxy) is 2. The lowest BCUT2D eigenvalue weighted by Crippen LogP contribution is -2.35. The molecule has 3 N–H and O–H groups in total. The van der Waals surface area contributed by atoms with Crippen molar-refractivity contribution in [3.05, 3.63) is 72.2 Å². The largest absolute Gasteiger partial charge is 0.492 e. The van der Waals surface area contributed by atoms with Gasteiger partial charge in [-0.25, -0.2) is 13.3 Å². The van der Waals surface area contributed by atoms with Crippen LogP contribution in [0.5, 0.6) is 17.4 Å². The number of aliphatic hydroxyl groups excluding tert-OH is 1.